The molecule has 0 aliphatic heterocycles. The summed E-state index contributed by atoms with van der Waals surface area (Å²) in [5.74, 6) is 0.0427. The summed E-state index contributed by atoms with van der Waals surface area (Å²) >= 11 is 0. The van der Waals surface area contributed by atoms with Crippen molar-refractivity contribution >= 4 is 16.7 Å². The molecular formula is C19H15N2O+. The number of carbonyl (C=O) groups excluding carboxylic acids is 1. The highest BCUT2D eigenvalue weighted by Gasteiger charge is 2.19. The molecule has 3 rings (SSSR count). The first-order valence-electron chi connectivity index (χ1n) is 7.15. The van der Waals surface area contributed by atoms with Crippen molar-refractivity contribution in [2.24, 2.45) is 0 Å². The molecule has 0 N–H and O–H groups in total. The van der Waals surface area contributed by atoms with E-state index < -0.39 is 0 Å². The predicted octanol–water partition coefficient (Wildman–Crippen LogP) is 3.08. The average Bonchev–Trinajstić information content (AvgIpc) is 2.58. The van der Waals surface area contributed by atoms with E-state index in [1.54, 1.807) is 0 Å². The summed E-state index contributed by atoms with van der Waals surface area (Å²) in [5.41, 5.74) is 2.51. The quantitative estimate of drug-likeness (QED) is 0.547. The molecule has 0 saturated carbocycles. The number of para-hydroxylation sites is 1. The Morgan fingerprint density at radius 1 is 0.955 bits per heavy atom. The minimum absolute atomic E-state index is 0.0427. The lowest BCUT2D eigenvalue weighted by Gasteiger charge is -2.05. The van der Waals surface area contributed by atoms with Gasteiger partial charge < -0.3 is 0 Å². The van der Waals surface area contributed by atoms with Crippen LogP contribution in [0, 0.1) is 11.3 Å². The van der Waals surface area contributed by atoms with E-state index in [0.717, 1.165) is 16.6 Å². The van der Waals surface area contributed by atoms with Crippen LogP contribution >= 0.6 is 0 Å². The second-order valence-corrected chi connectivity index (χ2v) is 5.09. The maximum absolute atomic E-state index is 12.5. The molecule has 0 spiro atoms. The topological polar surface area (TPSA) is 44.7 Å². The Labute approximate surface area is 129 Å². The first-order valence-corrected chi connectivity index (χ1v) is 7.15. The van der Waals surface area contributed by atoms with E-state index >= 15 is 0 Å². The van der Waals surface area contributed by atoms with Gasteiger partial charge in [-0.1, -0.05) is 42.5 Å². The van der Waals surface area contributed by atoms with Crippen molar-refractivity contribution in [2.45, 2.75) is 13.0 Å². The number of ketones is 1. The standard InChI is InChI=1S/C19H15N2O/c20-13-12-17-11-10-15-6-4-5-9-18(15)21(17)14-19(22)16-7-2-1-3-8-16/h1-11H,12,14H2/q+1. The molecule has 0 radical (unpaired) electrons. The minimum atomic E-state index is 0.0427. The lowest BCUT2D eigenvalue weighted by molar-refractivity contribution is -0.664. The normalized spacial score (nSPS) is 10.3. The number of hydrogen-bond acceptors (Lipinski definition) is 2. The van der Waals surface area contributed by atoms with Crippen LogP contribution in [0.25, 0.3) is 10.9 Å². The van der Waals surface area contributed by atoms with E-state index in [4.69, 9.17) is 5.26 Å². The van der Waals surface area contributed by atoms with E-state index in [1.165, 1.54) is 0 Å². The Bertz CT molecular complexity index is 863. The van der Waals surface area contributed by atoms with Gasteiger partial charge in [-0.05, 0) is 12.1 Å². The van der Waals surface area contributed by atoms with Crippen molar-refractivity contribution in [3.63, 3.8) is 0 Å². The number of hydrogen-bond donors (Lipinski definition) is 0. The molecule has 0 aliphatic rings. The highest BCUT2D eigenvalue weighted by Crippen LogP contribution is 2.11. The molecule has 0 atom stereocenters. The Morgan fingerprint density at radius 3 is 2.45 bits per heavy atom. The molecule has 3 aromatic rings. The van der Waals surface area contributed by atoms with E-state index in [2.05, 4.69) is 6.07 Å². The third-order valence-corrected chi connectivity index (χ3v) is 3.69. The number of benzene rings is 2. The van der Waals surface area contributed by atoms with E-state index in [1.807, 2.05) is 71.3 Å². The van der Waals surface area contributed by atoms with Gasteiger partial charge in [-0.3, -0.25) is 4.79 Å². The fourth-order valence-corrected chi connectivity index (χ4v) is 2.59. The second-order valence-electron chi connectivity index (χ2n) is 5.09. The summed E-state index contributed by atoms with van der Waals surface area (Å²) in [6.45, 7) is 0.238. The molecule has 0 fully saturated rings. The highest BCUT2D eigenvalue weighted by atomic mass is 16.1. The molecule has 3 heteroatoms. The molecule has 22 heavy (non-hydrogen) atoms. The third kappa shape index (κ3) is 2.72. The average molecular weight is 287 g/mol. The van der Waals surface area contributed by atoms with Gasteiger partial charge in [0.15, 0.2) is 5.69 Å². The monoisotopic (exact) mass is 287 g/mol. The summed E-state index contributed by atoms with van der Waals surface area (Å²) in [7, 11) is 0. The van der Waals surface area contributed by atoms with Gasteiger partial charge in [-0.25, -0.2) is 0 Å². The number of pyridine rings is 1. The molecule has 1 aromatic heterocycles. The van der Waals surface area contributed by atoms with Crippen LogP contribution in [-0.4, -0.2) is 5.78 Å². The summed E-state index contributed by atoms with van der Waals surface area (Å²) in [5, 5.41) is 10.1. The summed E-state index contributed by atoms with van der Waals surface area (Å²) in [4.78, 5) is 12.5. The van der Waals surface area contributed by atoms with Gasteiger partial charge in [0, 0.05) is 23.1 Å². The van der Waals surface area contributed by atoms with Crippen LogP contribution in [-0.2, 0) is 13.0 Å². The minimum Gasteiger partial charge on any atom is -0.287 e. The fourth-order valence-electron chi connectivity index (χ4n) is 2.59. The van der Waals surface area contributed by atoms with Crippen molar-refractivity contribution in [3.8, 4) is 6.07 Å². The molecule has 0 amide bonds. The second kappa shape index (κ2) is 6.19. The summed E-state index contributed by atoms with van der Waals surface area (Å²) in [6, 6.07) is 23.2. The molecular weight excluding hydrogens is 272 g/mol. The maximum atomic E-state index is 12.5. The number of aromatic nitrogens is 1. The zero-order valence-corrected chi connectivity index (χ0v) is 12.1. The van der Waals surface area contributed by atoms with E-state index in [-0.39, 0.29) is 18.7 Å². The predicted molar refractivity (Wildman–Crippen MR) is 84.2 cm³/mol. The van der Waals surface area contributed by atoms with Gasteiger partial charge in [0.25, 0.3) is 0 Å². The first kappa shape index (κ1) is 14.0. The molecule has 2 aromatic carbocycles. The Morgan fingerprint density at radius 2 is 1.68 bits per heavy atom. The number of fused-ring (bicyclic) bond motifs is 1. The lowest BCUT2D eigenvalue weighted by Crippen LogP contribution is -2.42. The largest absolute Gasteiger partial charge is 0.287 e. The number of Topliss-reactive ketones (excluding diaryl/α,β-unsaturated/α-hetero) is 1. The molecule has 0 saturated heterocycles. The smallest absolute Gasteiger partial charge is 0.227 e. The fraction of sp³-hybridized carbons (Fsp3) is 0.105. The van der Waals surface area contributed by atoms with E-state index in [9.17, 15) is 4.79 Å². The molecule has 106 valence electrons. The van der Waals surface area contributed by atoms with Crippen LogP contribution in [0.15, 0.2) is 66.7 Å². The van der Waals surface area contributed by atoms with Crippen LogP contribution in [0.3, 0.4) is 0 Å². The van der Waals surface area contributed by atoms with Gasteiger partial charge in [0.2, 0.25) is 17.8 Å². The van der Waals surface area contributed by atoms with Crippen molar-refractivity contribution in [1.82, 2.24) is 0 Å². The number of nitriles is 1. The van der Waals surface area contributed by atoms with Gasteiger partial charge >= 0.3 is 0 Å². The number of nitrogens with zero attached hydrogens (tertiary/aromatic N) is 2. The summed E-state index contributed by atoms with van der Waals surface area (Å²) in [6.07, 6.45) is 0.285. The van der Waals surface area contributed by atoms with Gasteiger partial charge in [0.05, 0.1) is 6.07 Å². The van der Waals surface area contributed by atoms with Crippen molar-refractivity contribution in [2.75, 3.05) is 0 Å². The molecule has 3 nitrogen and oxygen atoms in total. The highest BCUT2D eigenvalue weighted by molar-refractivity contribution is 5.95. The van der Waals surface area contributed by atoms with Crippen molar-refractivity contribution in [1.29, 1.82) is 5.26 Å². The van der Waals surface area contributed by atoms with Crippen molar-refractivity contribution in [3.05, 3.63) is 78.0 Å². The van der Waals surface area contributed by atoms with Gasteiger partial charge in [-0.2, -0.15) is 9.83 Å². The van der Waals surface area contributed by atoms with Crippen LogP contribution in [0.5, 0.6) is 0 Å². The Balaban J connectivity index is 2.06. The van der Waals surface area contributed by atoms with Crippen LogP contribution < -0.4 is 4.57 Å². The first-order chi connectivity index (χ1) is 10.8. The zero-order valence-electron chi connectivity index (χ0n) is 12.1. The molecule has 0 unspecified atom stereocenters. The SMILES string of the molecule is N#CCc1ccc2ccccc2[n+]1CC(=O)c1ccccc1. The van der Waals surface area contributed by atoms with Crippen LogP contribution in [0.2, 0.25) is 0 Å². The maximum Gasteiger partial charge on any atom is 0.227 e. The Kier molecular flexibility index (Phi) is 3.93. The Hall–Kier alpha value is -2.99. The van der Waals surface area contributed by atoms with Gasteiger partial charge in [-0.15, -0.1) is 0 Å². The zero-order chi connectivity index (χ0) is 15.4. The lowest BCUT2D eigenvalue weighted by atomic mass is 10.1. The summed E-state index contributed by atoms with van der Waals surface area (Å²) < 4.78 is 1.94. The van der Waals surface area contributed by atoms with Crippen molar-refractivity contribution < 1.29 is 9.36 Å². The molecule has 0 aliphatic carbocycles. The van der Waals surface area contributed by atoms with E-state index in [0.29, 0.717) is 5.56 Å². The molecule has 0 bridgehead atoms. The van der Waals surface area contributed by atoms with Crippen LogP contribution in [0.1, 0.15) is 16.1 Å². The van der Waals surface area contributed by atoms with Crippen LogP contribution in [0.4, 0.5) is 0 Å². The number of carbonyl (C=O) groups is 1. The molecule has 1 heterocycles. The third-order valence-electron chi connectivity index (χ3n) is 3.69. The number of rotatable bonds is 4. The van der Waals surface area contributed by atoms with Gasteiger partial charge in [0.1, 0.15) is 6.42 Å².